The van der Waals surface area contributed by atoms with Crippen LogP contribution in [-0.4, -0.2) is 55.2 Å². The van der Waals surface area contributed by atoms with Crippen LogP contribution in [0.2, 0.25) is 0 Å². The molecule has 1 amide bonds. The Hall–Kier alpha value is -3.61. The molecule has 1 aliphatic rings. The van der Waals surface area contributed by atoms with Crippen LogP contribution in [0.25, 0.3) is 10.9 Å². The highest BCUT2D eigenvalue weighted by Crippen LogP contribution is 2.35. The first-order valence-corrected chi connectivity index (χ1v) is 12.2. The predicted molar refractivity (Wildman–Crippen MR) is 138 cm³/mol. The summed E-state index contributed by atoms with van der Waals surface area (Å²) in [5.74, 6) is 1.48. The lowest BCUT2D eigenvalue weighted by Gasteiger charge is -2.26. The van der Waals surface area contributed by atoms with E-state index in [-0.39, 0.29) is 11.8 Å². The lowest BCUT2D eigenvalue weighted by atomic mass is 9.88. The first-order valence-electron chi connectivity index (χ1n) is 12.2. The number of aromatic nitrogens is 1. The Morgan fingerprint density at radius 1 is 0.971 bits per heavy atom. The van der Waals surface area contributed by atoms with E-state index >= 15 is 0 Å². The Morgan fingerprint density at radius 3 is 2.60 bits per heavy atom. The molecule has 5 rings (SSSR count). The number of rotatable bonds is 9. The van der Waals surface area contributed by atoms with Crippen LogP contribution in [0.4, 0.5) is 0 Å². The van der Waals surface area contributed by atoms with Crippen molar-refractivity contribution < 1.29 is 14.3 Å². The summed E-state index contributed by atoms with van der Waals surface area (Å²) in [5, 5.41) is 4.26. The molecule has 180 valence electrons. The summed E-state index contributed by atoms with van der Waals surface area (Å²) in [6, 6.07) is 26.0. The smallest absolute Gasteiger partial charge is 0.220 e. The van der Waals surface area contributed by atoms with E-state index in [2.05, 4.69) is 33.4 Å². The summed E-state index contributed by atoms with van der Waals surface area (Å²) in [6.07, 6.45) is 2.39. The molecule has 0 unspecified atom stereocenters. The van der Waals surface area contributed by atoms with Gasteiger partial charge >= 0.3 is 0 Å². The fraction of sp³-hybridized carbons (Fsp3) is 0.276. The van der Waals surface area contributed by atoms with E-state index in [9.17, 15) is 4.79 Å². The van der Waals surface area contributed by atoms with Gasteiger partial charge in [-0.1, -0.05) is 48.5 Å². The Bertz CT molecular complexity index is 1250. The molecular formula is C29H31N3O3. The van der Waals surface area contributed by atoms with Gasteiger partial charge in [0.15, 0.2) is 0 Å². The predicted octanol–water partition coefficient (Wildman–Crippen LogP) is 4.93. The second kappa shape index (κ2) is 11.2. The van der Waals surface area contributed by atoms with Crippen molar-refractivity contribution in [3.05, 3.63) is 96.2 Å². The van der Waals surface area contributed by atoms with Gasteiger partial charge in [-0.05, 0) is 41.5 Å². The number of carbonyl (C=O) groups excluding carboxylic acids is 1. The Kier molecular flexibility index (Phi) is 7.41. The minimum Gasteiger partial charge on any atom is -0.457 e. The van der Waals surface area contributed by atoms with E-state index in [0.29, 0.717) is 13.0 Å². The van der Waals surface area contributed by atoms with E-state index in [1.54, 1.807) is 0 Å². The number of nitrogens with zero attached hydrogens (tertiary/aromatic N) is 1. The van der Waals surface area contributed by atoms with Gasteiger partial charge < -0.3 is 19.8 Å². The van der Waals surface area contributed by atoms with E-state index in [0.717, 1.165) is 66.4 Å². The molecule has 1 aromatic heterocycles. The highest BCUT2D eigenvalue weighted by atomic mass is 16.5. The summed E-state index contributed by atoms with van der Waals surface area (Å²) in [6.45, 7) is 4.84. The van der Waals surface area contributed by atoms with E-state index < -0.39 is 0 Å². The molecule has 1 aliphatic heterocycles. The molecule has 3 aromatic carbocycles. The fourth-order valence-electron chi connectivity index (χ4n) is 4.64. The number of hydrogen-bond acceptors (Lipinski definition) is 4. The van der Waals surface area contributed by atoms with Gasteiger partial charge in [0.1, 0.15) is 11.5 Å². The number of aromatic amines is 1. The quantitative estimate of drug-likeness (QED) is 0.365. The van der Waals surface area contributed by atoms with Crippen LogP contribution in [0, 0.1) is 0 Å². The van der Waals surface area contributed by atoms with Gasteiger partial charge in [0.05, 0.1) is 13.2 Å². The van der Waals surface area contributed by atoms with Crippen molar-refractivity contribution in [2.24, 2.45) is 0 Å². The third kappa shape index (κ3) is 5.91. The fourth-order valence-corrected chi connectivity index (χ4v) is 4.64. The minimum atomic E-state index is -0.103. The number of morpholine rings is 1. The zero-order valence-electron chi connectivity index (χ0n) is 19.8. The van der Waals surface area contributed by atoms with Crippen molar-refractivity contribution >= 4 is 16.8 Å². The molecular weight excluding hydrogens is 438 g/mol. The number of ether oxygens (including phenoxy) is 2. The number of amides is 1. The molecule has 1 saturated heterocycles. The van der Waals surface area contributed by atoms with Crippen LogP contribution in [0.3, 0.4) is 0 Å². The molecule has 0 saturated carbocycles. The number of fused-ring (bicyclic) bond motifs is 1. The molecule has 2 heterocycles. The number of hydrogen-bond donors (Lipinski definition) is 2. The maximum atomic E-state index is 13.1. The molecule has 2 N–H and O–H groups in total. The Labute approximate surface area is 205 Å². The highest BCUT2D eigenvalue weighted by molar-refractivity contribution is 5.86. The summed E-state index contributed by atoms with van der Waals surface area (Å²) >= 11 is 0. The molecule has 1 fully saturated rings. The number of benzene rings is 3. The largest absolute Gasteiger partial charge is 0.457 e. The third-order valence-electron chi connectivity index (χ3n) is 6.48. The van der Waals surface area contributed by atoms with Crippen molar-refractivity contribution in [3.8, 4) is 11.5 Å². The zero-order chi connectivity index (χ0) is 23.9. The lowest BCUT2D eigenvalue weighted by molar-refractivity contribution is -0.121. The first kappa shape index (κ1) is 23.1. The summed E-state index contributed by atoms with van der Waals surface area (Å²) < 4.78 is 11.5. The summed E-state index contributed by atoms with van der Waals surface area (Å²) in [7, 11) is 0. The number of carbonyl (C=O) groups is 1. The van der Waals surface area contributed by atoms with Gasteiger partial charge in [-0.2, -0.15) is 0 Å². The van der Waals surface area contributed by atoms with Gasteiger partial charge in [0.2, 0.25) is 5.91 Å². The van der Waals surface area contributed by atoms with Crippen LogP contribution in [-0.2, 0) is 9.53 Å². The standard InChI is InChI=1S/C29H31N3O3/c33-29(30-13-14-32-15-17-34-18-16-32)20-26(27-21-31-28-12-5-4-11-25(27)28)22-7-6-10-24(19-22)35-23-8-2-1-3-9-23/h1-12,19,21,26,31H,13-18,20H2,(H,30,33)/t26-/m0/s1. The van der Waals surface area contributed by atoms with Crippen LogP contribution in [0.5, 0.6) is 11.5 Å². The van der Waals surface area contributed by atoms with Crippen molar-refractivity contribution in [2.45, 2.75) is 12.3 Å². The van der Waals surface area contributed by atoms with E-state index in [4.69, 9.17) is 9.47 Å². The summed E-state index contributed by atoms with van der Waals surface area (Å²) in [5.41, 5.74) is 3.23. The summed E-state index contributed by atoms with van der Waals surface area (Å²) in [4.78, 5) is 18.8. The van der Waals surface area contributed by atoms with Crippen molar-refractivity contribution in [1.82, 2.24) is 15.2 Å². The average Bonchev–Trinajstić information content (AvgIpc) is 3.33. The second-order valence-corrected chi connectivity index (χ2v) is 8.84. The van der Waals surface area contributed by atoms with Crippen LogP contribution in [0.15, 0.2) is 85.1 Å². The van der Waals surface area contributed by atoms with Crippen molar-refractivity contribution in [2.75, 3.05) is 39.4 Å². The van der Waals surface area contributed by atoms with Gasteiger partial charge in [-0.3, -0.25) is 9.69 Å². The SMILES string of the molecule is O=C(C[C@@H](c1cccc(Oc2ccccc2)c1)c1c[nH]c2ccccc12)NCCN1CCOCC1. The van der Waals surface area contributed by atoms with Gasteiger partial charge in [0, 0.05) is 55.6 Å². The lowest BCUT2D eigenvalue weighted by Crippen LogP contribution is -2.41. The molecule has 0 aliphatic carbocycles. The molecule has 1 atom stereocenters. The molecule has 0 spiro atoms. The van der Waals surface area contributed by atoms with Crippen LogP contribution in [0.1, 0.15) is 23.5 Å². The van der Waals surface area contributed by atoms with Gasteiger partial charge in [-0.15, -0.1) is 0 Å². The molecule has 0 bridgehead atoms. The third-order valence-corrected chi connectivity index (χ3v) is 6.48. The normalized spacial score (nSPS) is 15.1. The molecule has 6 heteroatoms. The van der Waals surface area contributed by atoms with Crippen LogP contribution >= 0.6 is 0 Å². The van der Waals surface area contributed by atoms with Crippen LogP contribution < -0.4 is 10.1 Å². The monoisotopic (exact) mass is 469 g/mol. The first-order chi connectivity index (χ1) is 17.3. The maximum Gasteiger partial charge on any atom is 0.220 e. The minimum absolute atomic E-state index is 0.0444. The van der Waals surface area contributed by atoms with Crippen molar-refractivity contribution in [1.29, 1.82) is 0 Å². The number of nitrogens with one attached hydrogen (secondary N) is 2. The average molecular weight is 470 g/mol. The zero-order valence-corrected chi connectivity index (χ0v) is 19.8. The van der Waals surface area contributed by atoms with Crippen molar-refractivity contribution in [3.63, 3.8) is 0 Å². The second-order valence-electron chi connectivity index (χ2n) is 8.84. The Morgan fingerprint density at radius 2 is 1.74 bits per heavy atom. The number of para-hydroxylation sites is 2. The molecule has 0 radical (unpaired) electrons. The van der Waals surface area contributed by atoms with Gasteiger partial charge in [-0.25, -0.2) is 0 Å². The van der Waals surface area contributed by atoms with E-state index in [1.807, 2.05) is 66.9 Å². The van der Waals surface area contributed by atoms with Gasteiger partial charge in [0.25, 0.3) is 0 Å². The topological polar surface area (TPSA) is 66.6 Å². The Balaban J connectivity index is 1.35. The van der Waals surface area contributed by atoms with E-state index in [1.165, 1.54) is 0 Å². The maximum absolute atomic E-state index is 13.1. The molecule has 4 aromatic rings. The molecule has 35 heavy (non-hydrogen) atoms. The molecule has 6 nitrogen and oxygen atoms in total. The highest BCUT2D eigenvalue weighted by Gasteiger charge is 2.22. The number of H-pyrrole nitrogens is 1.